The summed E-state index contributed by atoms with van der Waals surface area (Å²) in [5, 5.41) is 0.0609. The molecular weight excluding hydrogens is 202 g/mol. The van der Waals surface area contributed by atoms with E-state index in [4.69, 9.17) is 10.5 Å². The maximum Gasteiger partial charge on any atom is 1.00 e. The van der Waals surface area contributed by atoms with Gasteiger partial charge in [0.05, 0.1) is 5.22 Å². The minimum Gasteiger partial charge on any atom is -0.375 e. The van der Waals surface area contributed by atoms with Gasteiger partial charge in [0.1, 0.15) is 0 Å². The monoisotopic (exact) mass is 222 g/mol. The summed E-state index contributed by atoms with van der Waals surface area (Å²) in [7, 11) is 1.06. The van der Waals surface area contributed by atoms with Gasteiger partial charge in [0.15, 0.2) is 0 Å². The number of hydrogen-bond donors (Lipinski definition) is 1. The standard InChI is InChI=1S/C12H19NOSi/c13-9-10-3-5-11(6-4-10)12(15)7-1-2-8-14-12/h3-6H,1-2,7-9,13H2,15H3/p+1. The Balaban J connectivity index is 0.00000128. The van der Waals surface area contributed by atoms with Crippen LogP contribution in [0.3, 0.4) is 0 Å². The third-order valence-corrected chi connectivity index (χ3v) is 4.64. The molecule has 1 unspecified atom stereocenters. The zero-order chi connectivity index (χ0) is 10.7. The van der Waals surface area contributed by atoms with E-state index in [0.717, 1.165) is 16.8 Å². The highest BCUT2D eigenvalue weighted by molar-refractivity contribution is 6.14. The van der Waals surface area contributed by atoms with Crippen LogP contribution in [0.15, 0.2) is 24.3 Å². The molecule has 3 heteroatoms. The first kappa shape index (κ1) is 10.9. The highest BCUT2D eigenvalue weighted by Crippen LogP contribution is 2.31. The zero-order valence-corrected chi connectivity index (χ0v) is 11.3. The molecular formula is C12H20NOSi+. The molecule has 0 saturated carbocycles. The van der Waals surface area contributed by atoms with E-state index < -0.39 is 0 Å². The van der Waals surface area contributed by atoms with Gasteiger partial charge in [-0.05, 0) is 30.4 Å². The predicted octanol–water partition coefficient (Wildman–Crippen LogP) is 0.977. The average molecular weight is 222 g/mol. The molecule has 0 amide bonds. The molecule has 0 radical (unpaired) electrons. The molecule has 1 fully saturated rings. The van der Waals surface area contributed by atoms with Gasteiger partial charge in [0.25, 0.3) is 0 Å². The van der Waals surface area contributed by atoms with Crippen LogP contribution in [0.2, 0.25) is 0 Å². The number of nitrogens with two attached hydrogens (primary N) is 1. The largest absolute Gasteiger partial charge is 1.00 e. The molecule has 2 N–H and O–H groups in total. The normalized spacial score (nSPS) is 26.7. The molecule has 2 rings (SSSR count). The van der Waals surface area contributed by atoms with Crippen molar-refractivity contribution in [3.8, 4) is 0 Å². The Kier molecular flexibility index (Phi) is 3.24. The maximum absolute atomic E-state index is 5.96. The van der Waals surface area contributed by atoms with Gasteiger partial charge >= 0.3 is 1.43 Å². The van der Waals surface area contributed by atoms with Crippen molar-refractivity contribution in [2.45, 2.75) is 31.0 Å². The highest BCUT2D eigenvalue weighted by atomic mass is 28.1. The summed E-state index contributed by atoms with van der Waals surface area (Å²) in [6, 6.07) is 8.60. The van der Waals surface area contributed by atoms with E-state index in [1.807, 2.05) is 0 Å². The Hall–Kier alpha value is -0.643. The Morgan fingerprint density at radius 2 is 2.07 bits per heavy atom. The van der Waals surface area contributed by atoms with E-state index in [1.165, 1.54) is 30.4 Å². The van der Waals surface area contributed by atoms with Crippen molar-refractivity contribution < 1.29 is 6.16 Å². The van der Waals surface area contributed by atoms with Crippen molar-refractivity contribution in [1.82, 2.24) is 0 Å². The summed E-state index contributed by atoms with van der Waals surface area (Å²) in [5.41, 5.74) is 8.12. The van der Waals surface area contributed by atoms with Crippen molar-refractivity contribution in [3.63, 3.8) is 0 Å². The fraction of sp³-hybridized carbons (Fsp3) is 0.500. The predicted molar refractivity (Wildman–Crippen MR) is 66.9 cm³/mol. The molecule has 0 aromatic heterocycles. The summed E-state index contributed by atoms with van der Waals surface area (Å²) in [6.07, 6.45) is 3.69. The van der Waals surface area contributed by atoms with Gasteiger partial charge in [-0.1, -0.05) is 24.3 Å². The fourth-order valence-electron chi connectivity index (χ4n) is 2.16. The first-order valence-corrected chi connectivity index (χ1v) is 6.68. The molecule has 0 bridgehead atoms. The van der Waals surface area contributed by atoms with Gasteiger partial charge in [-0.15, -0.1) is 0 Å². The van der Waals surface area contributed by atoms with Crippen LogP contribution in [0, 0.1) is 0 Å². The van der Waals surface area contributed by atoms with Crippen LogP contribution in [0.25, 0.3) is 0 Å². The Morgan fingerprint density at radius 3 is 2.60 bits per heavy atom. The van der Waals surface area contributed by atoms with Crippen LogP contribution in [0.1, 0.15) is 31.8 Å². The van der Waals surface area contributed by atoms with Gasteiger partial charge in [-0.3, -0.25) is 0 Å². The Morgan fingerprint density at radius 1 is 1.33 bits per heavy atom. The zero-order valence-electron chi connectivity index (χ0n) is 10.3. The van der Waals surface area contributed by atoms with Crippen molar-refractivity contribution in [2.75, 3.05) is 6.61 Å². The molecule has 1 aromatic carbocycles. The van der Waals surface area contributed by atoms with Crippen LogP contribution in [0.4, 0.5) is 0 Å². The molecule has 15 heavy (non-hydrogen) atoms. The summed E-state index contributed by atoms with van der Waals surface area (Å²) in [4.78, 5) is 0. The van der Waals surface area contributed by atoms with Gasteiger partial charge in [-0.25, -0.2) is 0 Å². The molecule has 1 atom stereocenters. The third kappa shape index (κ3) is 2.30. The summed E-state index contributed by atoms with van der Waals surface area (Å²) >= 11 is 0. The number of hydrogen-bond acceptors (Lipinski definition) is 2. The van der Waals surface area contributed by atoms with E-state index >= 15 is 0 Å². The average Bonchev–Trinajstić information content (AvgIpc) is 2.30. The van der Waals surface area contributed by atoms with Crippen molar-refractivity contribution in [1.29, 1.82) is 0 Å². The van der Waals surface area contributed by atoms with Gasteiger partial charge in [-0.2, -0.15) is 0 Å². The molecule has 1 aliphatic heterocycles. The van der Waals surface area contributed by atoms with Crippen LogP contribution < -0.4 is 5.73 Å². The smallest absolute Gasteiger partial charge is 0.375 e. The van der Waals surface area contributed by atoms with E-state index in [0.29, 0.717) is 6.54 Å². The first-order valence-electron chi connectivity index (χ1n) is 5.68. The second-order valence-corrected chi connectivity index (χ2v) is 6.05. The highest BCUT2D eigenvalue weighted by Gasteiger charge is 2.29. The lowest BCUT2D eigenvalue weighted by molar-refractivity contribution is -0.0210. The second-order valence-electron chi connectivity index (χ2n) is 4.44. The number of ether oxygens (including phenoxy) is 1. The van der Waals surface area contributed by atoms with Crippen LogP contribution in [0.5, 0.6) is 0 Å². The molecule has 82 valence electrons. The molecule has 1 heterocycles. The fourth-order valence-corrected chi connectivity index (χ4v) is 3.05. The minimum atomic E-state index is 0. The molecule has 1 aliphatic rings. The van der Waals surface area contributed by atoms with Crippen LogP contribution in [-0.2, 0) is 16.5 Å². The van der Waals surface area contributed by atoms with E-state index in [2.05, 4.69) is 24.3 Å². The van der Waals surface area contributed by atoms with Gasteiger partial charge in [0, 0.05) is 23.4 Å². The Labute approximate surface area is 95.7 Å². The first-order chi connectivity index (χ1) is 7.24. The van der Waals surface area contributed by atoms with E-state index in [9.17, 15) is 0 Å². The molecule has 1 saturated heterocycles. The van der Waals surface area contributed by atoms with Crippen LogP contribution >= 0.6 is 0 Å². The summed E-state index contributed by atoms with van der Waals surface area (Å²) in [6.45, 7) is 1.54. The van der Waals surface area contributed by atoms with Gasteiger partial charge < -0.3 is 10.5 Å². The molecule has 1 aromatic rings. The van der Waals surface area contributed by atoms with Crippen molar-refractivity contribution >= 4 is 10.2 Å². The minimum absolute atomic E-state index is 0. The number of rotatable bonds is 2. The third-order valence-electron chi connectivity index (χ3n) is 3.27. The van der Waals surface area contributed by atoms with E-state index in [1.54, 1.807) is 0 Å². The quantitative estimate of drug-likeness (QED) is 0.757. The van der Waals surface area contributed by atoms with E-state index in [-0.39, 0.29) is 6.65 Å². The molecule has 0 aliphatic carbocycles. The number of benzene rings is 1. The summed E-state index contributed by atoms with van der Waals surface area (Å²) < 4.78 is 5.96. The molecule has 2 nitrogen and oxygen atoms in total. The Bertz CT molecular complexity index is 322. The SMILES string of the molecule is NCc1ccc(C2([SiH3])CCCCO2)cc1.[H+]. The lowest BCUT2D eigenvalue weighted by atomic mass is 9.99. The van der Waals surface area contributed by atoms with Crippen molar-refractivity contribution in [2.24, 2.45) is 5.73 Å². The lowest BCUT2D eigenvalue weighted by Crippen LogP contribution is -2.33. The molecule has 0 spiro atoms. The van der Waals surface area contributed by atoms with Gasteiger partial charge in [0.2, 0.25) is 0 Å². The van der Waals surface area contributed by atoms with Crippen LogP contribution in [-0.4, -0.2) is 16.8 Å². The summed E-state index contributed by atoms with van der Waals surface area (Å²) in [5.74, 6) is 0. The van der Waals surface area contributed by atoms with Crippen molar-refractivity contribution in [3.05, 3.63) is 35.4 Å². The maximum atomic E-state index is 5.96. The second kappa shape index (κ2) is 4.47. The topological polar surface area (TPSA) is 35.2 Å². The lowest BCUT2D eigenvalue weighted by Gasteiger charge is -2.34.